The number of rotatable bonds is 8. The second-order valence-corrected chi connectivity index (χ2v) is 6.55. The van der Waals surface area contributed by atoms with E-state index >= 15 is 0 Å². The summed E-state index contributed by atoms with van der Waals surface area (Å²) in [7, 11) is 3.09. The van der Waals surface area contributed by atoms with Gasteiger partial charge in [-0.2, -0.15) is 4.98 Å². The van der Waals surface area contributed by atoms with E-state index < -0.39 is 0 Å². The van der Waals surface area contributed by atoms with Crippen LogP contribution >= 0.6 is 0 Å². The minimum atomic E-state index is -0.355. The fourth-order valence-corrected chi connectivity index (χ4v) is 2.68. The molecular weight excluding hydrogens is 391 g/mol. The Morgan fingerprint density at radius 1 is 1.20 bits per heavy atom. The minimum Gasteiger partial charge on any atom is -0.497 e. The fraction of sp³-hybridized carbons (Fsp3) is 0.238. The van der Waals surface area contributed by atoms with Gasteiger partial charge >= 0.3 is 0 Å². The van der Waals surface area contributed by atoms with Crippen LogP contribution in [-0.4, -0.2) is 47.6 Å². The smallest absolute Gasteiger partial charge is 0.243 e. The van der Waals surface area contributed by atoms with Gasteiger partial charge in [0.25, 0.3) is 0 Å². The number of carbonyl (C=O) groups is 2. The highest BCUT2D eigenvalue weighted by Gasteiger charge is 2.16. The Labute approximate surface area is 172 Å². The highest BCUT2D eigenvalue weighted by Crippen LogP contribution is 2.18. The standard InChI is InChI=1S/C21H21FN4O4/c1-26(13-18(27)23-16-4-3-5-17(12-16)29-2)20(28)11-10-19-24-21(25-30-19)14-6-8-15(22)9-7-14/h3-9,12H,10-11,13H2,1-2H3,(H,23,27). The Balaban J connectivity index is 1.48. The number of halogens is 1. The van der Waals surface area contributed by atoms with E-state index in [2.05, 4.69) is 15.5 Å². The summed E-state index contributed by atoms with van der Waals surface area (Å²) in [5.41, 5.74) is 1.20. The summed E-state index contributed by atoms with van der Waals surface area (Å²) in [6.07, 6.45) is 0.336. The zero-order valence-corrected chi connectivity index (χ0v) is 16.6. The van der Waals surface area contributed by atoms with Crippen molar-refractivity contribution in [1.82, 2.24) is 15.0 Å². The van der Waals surface area contributed by atoms with Crippen molar-refractivity contribution in [2.45, 2.75) is 12.8 Å². The van der Waals surface area contributed by atoms with Crippen LogP contribution in [0.5, 0.6) is 5.75 Å². The Morgan fingerprint density at radius 2 is 1.97 bits per heavy atom. The lowest BCUT2D eigenvalue weighted by atomic mass is 10.2. The third-order valence-electron chi connectivity index (χ3n) is 4.28. The molecule has 0 saturated carbocycles. The maximum absolute atomic E-state index is 13.0. The van der Waals surface area contributed by atoms with Crippen molar-refractivity contribution in [3.05, 3.63) is 60.2 Å². The van der Waals surface area contributed by atoms with Crippen LogP contribution < -0.4 is 10.1 Å². The van der Waals surface area contributed by atoms with E-state index in [-0.39, 0.29) is 42.9 Å². The third-order valence-corrected chi connectivity index (χ3v) is 4.28. The molecule has 0 aliphatic carbocycles. The molecule has 9 heteroatoms. The number of ether oxygens (including phenoxy) is 1. The van der Waals surface area contributed by atoms with Crippen LogP contribution in [0.3, 0.4) is 0 Å². The van der Waals surface area contributed by atoms with E-state index in [1.54, 1.807) is 50.6 Å². The van der Waals surface area contributed by atoms with Gasteiger partial charge in [-0.3, -0.25) is 9.59 Å². The Hall–Kier alpha value is -3.75. The number of nitrogens with zero attached hydrogens (tertiary/aromatic N) is 3. The molecule has 0 atom stereocenters. The summed E-state index contributed by atoms with van der Waals surface area (Å²) in [4.78, 5) is 30.0. The molecule has 1 N–H and O–H groups in total. The first kappa shape index (κ1) is 21.0. The zero-order chi connectivity index (χ0) is 21.5. The van der Waals surface area contributed by atoms with Gasteiger partial charge in [0, 0.05) is 37.2 Å². The van der Waals surface area contributed by atoms with Gasteiger partial charge in [-0.15, -0.1) is 0 Å². The van der Waals surface area contributed by atoms with Crippen molar-refractivity contribution in [3.63, 3.8) is 0 Å². The van der Waals surface area contributed by atoms with Crippen molar-refractivity contribution in [2.24, 2.45) is 0 Å². The molecule has 1 heterocycles. The van der Waals surface area contributed by atoms with Crippen LogP contribution in [-0.2, 0) is 16.0 Å². The van der Waals surface area contributed by atoms with Crippen molar-refractivity contribution in [3.8, 4) is 17.1 Å². The molecular formula is C21H21FN4O4. The molecule has 3 aromatic rings. The molecule has 0 spiro atoms. The second-order valence-electron chi connectivity index (χ2n) is 6.55. The number of hydrogen-bond donors (Lipinski definition) is 1. The summed E-state index contributed by atoms with van der Waals surface area (Å²) in [5, 5.41) is 6.56. The SMILES string of the molecule is COc1cccc(NC(=O)CN(C)C(=O)CCc2nc(-c3ccc(F)cc3)no2)c1. The highest BCUT2D eigenvalue weighted by atomic mass is 19.1. The molecule has 0 aliphatic heterocycles. The first-order chi connectivity index (χ1) is 14.4. The van der Waals surface area contributed by atoms with E-state index in [1.807, 2.05) is 0 Å². The molecule has 0 fully saturated rings. The molecule has 0 saturated heterocycles. The van der Waals surface area contributed by atoms with Crippen molar-refractivity contribution >= 4 is 17.5 Å². The number of aryl methyl sites for hydroxylation is 1. The van der Waals surface area contributed by atoms with Crippen LogP contribution in [0.1, 0.15) is 12.3 Å². The topological polar surface area (TPSA) is 97.6 Å². The predicted octanol–water partition coefficient (Wildman–Crippen LogP) is 2.91. The van der Waals surface area contributed by atoms with E-state index in [0.29, 0.717) is 22.8 Å². The van der Waals surface area contributed by atoms with Crippen LogP contribution in [0.4, 0.5) is 10.1 Å². The van der Waals surface area contributed by atoms with Crippen LogP contribution in [0.2, 0.25) is 0 Å². The second kappa shape index (κ2) is 9.64. The maximum Gasteiger partial charge on any atom is 0.243 e. The van der Waals surface area contributed by atoms with Crippen LogP contribution in [0.15, 0.2) is 53.1 Å². The molecule has 3 rings (SSSR count). The lowest BCUT2D eigenvalue weighted by molar-refractivity contribution is -0.133. The number of methoxy groups -OCH3 is 1. The molecule has 1 aromatic heterocycles. The fourth-order valence-electron chi connectivity index (χ4n) is 2.68. The van der Waals surface area contributed by atoms with Gasteiger partial charge < -0.3 is 19.5 Å². The summed E-state index contributed by atoms with van der Waals surface area (Å²) in [5.74, 6) is 0.316. The molecule has 8 nitrogen and oxygen atoms in total. The minimum absolute atomic E-state index is 0.0965. The van der Waals surface area contributed by atoms with E-state index in [4.69, 9.17) is 9.26 Å². The highest BCUT2D eigenvalue weighted by molar-refractivity contribution is 5.94. The number of nitrogens with one attached hydrogen (secondary N) is 1. The quantitative estimate of drug-likeness (QED) is 0.611. The molecule has 2 aromatic carbocycles. The number of amides is 2. The molecule has 0 radical (unpaired) electrons. The number of anilines is 1. The van der Waals surface area contributed by atoms with Crippen molar-refractivity contribution in [1.29, 1.82) is 0 Å². The summed E-state index contributed by atoms with van der Waals surface area (Å²) in [6, 6.07) is 12.7. The third kappa shape index (κ3) is 5.63. The van der Waals surface area contributed by atoms with Gasteiger partial charge in [-0.25, -0.2) is 4.39 Å². The van der Waals surface area contributed by atoms with Gasteiger partial charge in [-0.05, 0) is 36.4 Å². The molecule has 0 aliphatic rings. The van der Waals surface area contributed by atoms with Gasteiger partial charge in [-0.1, -0.05) is 11.2 Å². The Kier molecular flexibility index (Phi) is 6.74. The number of likely N-dealkylation sites (N-methyl/N-ethyl adjacent to an activating group) is 1. The average molecular weight is 412 g/mol. The van der Waals surface area contributed by atoms with Crippen molar-refractivity contribution in [2.75, 3.05) is 26.0 Å². The number of carbonyl (C=O) groups excluding carboxylic acids is 2. The molecule has 156 valence electrons. The molecule has 30 heavy (non-hydrogen) atoms. The Bertz CT molecular complexity index is 1020. The average Bonchev–Trinajstić information content (AvgIpc) is 3.21. The van der Waals surface area contributed by atoms with E-state index in [9.17, 15) is 14.0 Å². The van der Waals surface area contributed by atoms with Gasteiger partial charge in [0.2, 0.25) is 23.5 Å². The predicted molar refractivity (Wildman–Crippen MR) is 107 cm³/mol. The summed E-state index contributed by atoms with van der Waals surface area (Å²) < 4.78 is 23.3. The molecule has 2 amide bonds. The number of benzene rings is 2. The normalized spacial score (nSPS) is 10.5. The van der Waals surface area contributed by atoms with Crippen LogP contribution in [0, 0.1) is 5.82 Å². The Morgan fingerprint density at radius 3 is 2.70 bits per heavy atom. The lowest BCUT2D eigenvalue weighted by Gasteiger charge is -2.16. The first-order valence-electron chi connectivity index (χ1n) is 9.21. The first-order valence-corrected chi connectivity index (χ1v) is 9.21. The summed E-state index contributed by atoms with van der Waals surface area (Å²) >= 11 is 0. The largest absolute Gasteiger partial charge is 0.497 e. The van der Waals surface area contributed by atoms with Gasteiger partial charge in [0.05, 0.1) is 13.7 Å². The van der Waals surface area contributed by atoms with E-state index in [0.717, 1.165) is 0 Å². The molecule has 0 bridgehead atoms. The monoisotopic (exact) mass is 412 g/mol. The number of aromatic nitrogens is 2. The lowest BCUT2D eigenvalue weighted by Crippen LogP contribution is -2.35. The summed E-state index contributed by atoms with van der Waals surface area (Å²) in [6.45, 7) is -0.0965. The zero-order valence-electron chi connectivity index (χ0n) is 16.6. The van der Waals surface area contributed by atoms with E-state index in [1.165, 1.54) is 17.0 Å². The maximum atomic E-state index is 13.0. The van der Waals surface area contributed by atoms with Gasteiger partial charge in [0.15, 0.2) is 0 Å². The van der Waals surface area contributed by atoms with Crippen LogP contribution in [0.25, 0.3) is 11.4 Å². The molecule has 0 unspecified atom stereocenters. The van der Waals surface area contributed by atoms with Crippen molar-refractivity contribution < 1.29 is 23.2 Å². The van der Waals surface area contributed by atoms with Gasteiger partial charge in [0.1, 0.15) is 11.6 Å². The number of hydrogen-bond acceptors (Lipinski definition) is 6.